The Hall–Kier alpha value is -1.82. The van der Waals surface area contributed by atoms with E-state index in [4.69, 9.17) is 0 Å². The number of aliphatic hydroxyl groups is 1. The number of aromatic nitrogens is 4. The predicted octanol–water partition coefficient (Wildman–Crippen LogP) is 4.42. The van der Waals surface area contributed by atoms with Gasteiger partial charge in [-0.3, -0.25) is 9.78 Å². The van der Waals surface area contributed by atoms with Gasteiger partial charge in [-0.05, 0) is 106 Å². The van der Waals surface area contributed by atoms with Crippen molar-refractivity contribution in [1.82, 2.24) is 20.0 Å². The Morgan fingerprint density at radius 3 is 2.69 bits per heavy atom. The van der Waals surface area contributed by atoms with E-state index in [-0.39, 0.29) is 17.9 Å². The van der Waals surface area contributed by atoms with E-state index in [2.05, 4.69) is 22.1 Å². The molecule has 2 aromatic heterocycles. The van der Waals surface area contributed by atoms with Gasteiger partial charge in [0.2, 0.25) is 0 Å². The fourth-order valence-corrected chi connectivity index (χ4v) is 8.74. The summed E-state index contributed by atoms with van der Waals surface area (Å²) in [7, 11) is 0. The molecule has 2 heterocycles. The van der Waals surface area contributed by atoms with Gasteiger partial charge in [0.1, 0.15) is 17.6 Å². The molecule has 6 heteroatoms. The highest BCUT2D eigenvalue weighted by Crippen LogP contribution is 2.64. The zero-order valence-corrected chi connectivity index (χ0v) is 19.4. The molecular formula is C26H36N4O2. The molecule has 0 spiro atoms. The molecule has 0 amide bonds. The van der Waals surface area contributed by atoms with E-state index >= 15 is 0 Å². The molecule has 1 N–H and O–H groups in total. The quantitative estimate of drug-likeness (QED) is 0.771. The molecule has 1 unspecified atom stereocenters. The predicted molar refractivity (Wildman–Crippen MR) is 122 cm³/mol. The highest BCUT2D eigenvalue weighted by molar-refractivity contribution is 5.82. The lowest BCUT2D eigenvalue weighted by atomic mass is 9.49. The number of ketones is 1. The molecule has 4 aliphatic rings. The van der Waals surface area contributed by atoms with Gasteiger partial charge in [0.15, 0.2) is 5.78 Å². The first-order valence-corrected chi connectivity index (χ1v) is 12.7. The van der Waals surface area contributed by atoms with Crippen LogP contribution in [0.3, 0.4) is 0 Å². The van der Waals surface area contributed by atoms with E-state index in [1.165, 1.54) is 38.5 Å². The number of fused-ring (bicyclic) bond motifs is 6. The van der Waals surface area contributed by atoms with E-state index in [1.807, 2.05) is 13.0 Å². The molecule has 6 rings (SSSR count). The first-order valence-electron chi connectivity index (χ1n) is 12.7. The van der Waals surface area contributed by atoms with Crippen molar-refractivity contribution in [1.29, 1.82) is 0 Å². The maximum absolute atomic E-state index is 13.5. The largest absolute Gasteiger partial charge is 0.390 e. The summed E-state index contributed by atoms with van der Waals surface area (Å²) in [5, 5.41) is 19.6. The van der Waals surface area contributed by atoms with E-state index in [0.717, 1.165) is 48.0 Å². The SMILES string of the molecule is C[C@@]1(O)CC[C@H]2C(CC[C@@H]3[C@@H]2CC[C@]2(C)[C@@H](C(=O)Cn4nc5ccncc5n4)CC[C@@H]32)C1. The van der Waals surface area contributed by atoms with Crippen LogP contribution in [0.15, 0.2) is 18.5 Å². The first kappa shape index (κ1) is 20.8. The highest BCUT2D eigenvalue weighted by atomic mass is 16.3. The summed E-state index contributed by atoms with van der Waals surface area (Å²) >= 11 is 0. The summed E-state index contributed by atoms with van der Waals surface area (Å²) in [5.41, 5.74) is 1.22. The van der Waals surface area contributed by atoms with Gasteiger partial charge < -0.3 is 5.11 Å². The third-order valence-electron chi connectivity index (χ3n) is 10.1. The monoisotopic (exact) mass is 436 g/mol. The Labute approximate surface area is 190 Å². The second-order valence-corrected chi connectivity index (χ2v) is 11.9. The van der Waals surface area contributed by atoms with Crippen LogP contribution < -0.4 is 0 Å². The average molecular weight is 437 g/mol. The van der Waals surface area contributed by atoms with Crippen molar-refractivity contribution in [3.63, 3.8) is 0 Å². The molecule has 0 aliphatic heterocycles. The Morgan fingerprint density at radius 1 is 1.03 bits per heavy atom. The van der Waals surface area contributed by atoms with Crippen LogP contribution in [0.25, 0.3) is 11.0 Å². The van der Waals surface area contributed by atoms with Crippen molar-refractivity contribution < 1.29 is 9.90 Å². The molecular weight excluding hydrogens is 400 g/mol. The van der Waals surface area contributed by atoms with Crippen LogP contribution in [0, 0.1) is 40.9 Å². The van der Waals surface area contributed by atoms with Crippen molar-refractivity contribution in [2.24, 2.45) is 40.9 Å². The summed E-state index contributed by atoms with van der Waals surface area (Å²) < 4.78 is 0. The van der Waals surface area contributed by atoms with Crippen molar-refractivity contribution in [3.8, 4) is 0 Å². The summed E-state index contributed by atoms with van der Waals surface area (Å²) in [6, 6.07) is 1.85. The number of hydrogen-bond donors (Lipinski definition) is 1. The van der Waals surface area contributed by atoms with Gasteiger partial charge in [0.25, 0.3) is 0 Å². The van der Waals surface area contributed by atoms with E-state index in [9.17, 15) is 9.90 Å². The van der Waals surface area contributed by atoms with Crippen molar-refractivity contribution in [2.75, 3.05) is 0 Å². The maximum atomic E-state index is 13.5. The zero-order chi connectivity index (χ0) is 22.1. The number of carbonyl (C=O) groups excluding carboxylic acids is 1. The molecule has 172 valence electrons. The lowest BCUT2D eigenvalue weighted by Gasteiger charge is -2.56. The van der Waals surface area contributed by atoms with Crippen LogP contribution >= 0.6 is 0 Å². The third kappa shape index (κ3) is 3.24. The lowest BCUT2D eigenvalue weighted by molar-refractivity contribution is -0.133. The van der Waals surface area contributed by atoms with Gasteiger partial charge in [-0.15, -0.1) is 0 Å². The van der Waals surface area contributed by atoms with Crippen molar-refractivity contribution in [2.45, 2.75) is 83.8 Å². The van der Waals surface area contributed by atoms with Gasteiger partial charge in [0.05, 0.1) is 11.8 Å². The van der Waals surface area contributed by atoms with Gasteiger partial charge >= 0.3 is 0 Å². The number of pyridine rings is 1. The summed E-state index contributed by atoms with van der Waals surface area (Å²) in [6.45, 7) is 4.72. The topological polar surface area (TPSA) is 80.9 Å². The van der Waals surface area contributed by atoms with Crippen LogP contribution in [0.2, 0.25) is 0 Å². The molecule has 0 radical (unpaired) electrons. The maximum Gasteiger partial charge on any atom is 0.159 e. The van der Waals surface area contributed by atoms with Crippen LogP contribution in [0.5, 0.6) is 0 Å². The number of Topliss-reactive ketones (excluding diaryl/α,β-unsaturated/α-hetero) is 1. The minimum atomic E-state index is -0.455. The zero-order valence-electron chi connectivity index (χ0n) is 19.4. The fraction of sp³-hybridized carbons (Fsp3) is 0.769. The van der Waals surface area contributed by atoms with E-state index < -0.39 is 5.60 Å². The van der Waals surface area contributed by atoms with Crippen molar-refractivity contribution >= 4 is 16.8 Å². The third-order valence-corrected chi connectivity index (χ3v) is 10.1. The van der Waals surface area contributed by atoms with Crippen LogP contribution in [0.4, 0.5) is 0 Å². The Kier molecular flexibility index (Phi) is 4.76. The molecule has 6 nitrogen and oxygen atoms in total. The van der Waals surface area contributed by atoms with Crippen LogP contribution in [0.1, 0.15) is 71.6 Å². The smallest absolute Gasteiger partial charge is 0.159 e. The second kappa shape index (κ2) is 7.34. The number of rotatable bonds is 3. The molecule has 32 heavy (non-hydrogen) atoms. The van der Waals surface area contributed by atoms with E-state index in [0.29, 0.717) is 17.6 Å². The summed E-state index contributed by atoms with van der Waals surface area (Å²) in [5.74, 6) is 4.19. The summed E-state index contributed by atoms with van der Waals surface area (Å²) in [4.78, 5) is 19.2. The van der Waals surface area contributed by atoms with Gasteiger partial charge in [0, 0.05) is 12.1 Å². The van der Waals surface area contributed by atoms with Gasteiger partial charge in [-0.1, -0.05) is 6.92 Å². The van der Waals surface area contributed by atoms with Crippen LogP contribution in [-0.4, -0.2) is 36.5 Å². The number of carbonyl (C=O) groups is 1. The fourth-order valence-electron chi connectivity index (χ4n) is 8.74. The normalized spacial score (nSPS) is 43.5. The molecule has 2 aromatic rings. The lowest BCUT2D eigenvalue weighted by Crippen LogP contribution is -2.51. The van der Waals surface area contributed by atoms with E-state index in [1.54, 1.807) is 17.2 Å². The molecule has 4 aliphatic carbocycles. The Bertz CT molecular complexity index is 999. The van der Waals surface area contributed by atoms with Crippen LogP contribution in [-0.2, 0) is 11.3 Å². The molecule has 4 saturated carbocycles. The summed E-state index contributed by atoms with van der Waals surface area (Å²) in [6.07, 6.45) is 13.8. The molecule has 0 saturated heterocycles. The molecule has 4 fully saturated rings. The van der Waals surface area contributed by atoms with Crippen molar-refractivity contribution in [3.05, 3.63) is 18.5 Å². The molecule has 0 aromatic carbocycles. The highest BCUT2D eigenvalue weighted by Gasteiger charge is 2.58. The Morgan fingerprint density at radius 2 is 1.84 bits per heavy atom. The number of hydrogen-bond acceptors (Lipinski definition) is 5. The minimum Gasteiger partial charge on any atom is -0.390 e. The standard InChI is InChI=1S/C26H36N4O2/c1-25(32)10-7-17-16(13-25)3-4-19-18(17)8-11-26(2)20(19)5-6-21(26)24(31)15-30-28-22-9-12-27-14-23(22)29-30/h9,12,14,16-21,32H,3-8,10-11,13,15H2,1-2H3/t16?,17-,18+,19+,20-,21+,25+,26-/m0/s1. The molecule has 8 atom stereocenters. The Balaban J connectivity index is 1.18. The van der Waals surface area contributed by atoms with Gasteiger partial charge in [-0.25, -0.2) is 0 Å². The average Bonchev–Trinajstić information content (AvgIpc) is 3.32. The number of nitrogens with zero attached hydrogens (tertiary/aromatic N) is 4. The molecule has 0 bridgehead atoms. The second-order valence-electron chi connectivity index (χ2n) is 11.9. The van der Waals surface area contributed by atoms with Gasteiger partial charge in [-0.2, -0.15) is 15.0 Å². The minimum absolute atomic E-state index is 0.124. The first-order chi connectivity index (χ1) is 15.3.